The van der Waals surface area contributed by atoms with Crippen molar-refractivity contribution in [3.05, 3.63) is 0 Å². The van der Waals surface area contributed by atoms with Gasteiger partial charge < -0.3 is 0 Å². The summed E-state index contributed by atoms with van der Waals surface area (Å²) >= 11 is 0. The molecule has 0 N–H and O–H groups in total. The second kappa shape index (κ2) is 3.14. The predicted octanol–water partition coefficient (Wildman–Crippen LogP) is 2.52. The lowest BCUT2D eigenvalue weighted by Crippen LogP contribution is -2.45. The largest absolute Gasteiger partial charge is 0.298 e. The van der Waals surface area contributed by atoms with Crippen molar-refractivity contribution >= 4 is 0 Å². The Morgan fingerprint density at radius 3 is 2.45 bits per heavy atom. The minimum Gasteiger partial charge on any atom is -0.298 e. The Bertz CT molecular complexity index is 131. The van der Waals surface area contributed by atoms with E-state index in [1.54, 1.807) is 0 Å². The van der Waals surface area contributed by atoms with Crippen LogP contribution in [-0.2, 0) is 0 Å². The molecule has 66 valence electrons. The summed E-state index contributed by atoms with van der Waals surface area (Å²) in [6.07, 6.45) is 2.78. The van der Waals surface area contributed by atoms with E-state index in [2.05, 4.69) is 32.6 Å². The van der Waals surface area contributed by atoms with Crippen molar-refractivity contribution in [1.29, 1.82) is 0 Å². The highest BCUT2D eigenvalue weighted by Crippen LogP contribution is 2.34. The molecule has 1 unspecified atom stereocenters. The first-order valence-corrected chi connectivity index (χ1v) is 4.86. The van der Waals surface area contributed by atoms with E-state index in [9.17, 15) is 0 Å². The number of nitrogens with zero attached hydrogens (tertiary/aromatic N) is 1. The summed E-state index contributed by atoms with van der Waals surface area (Å²) in [5.74, 6) is 0.796. The quantitative estimate of drug-likeness (QED) is 0.592. The molecule has 0 aliphatic carbocycles. The third kappa shape index (κ3) is 1.44. The first kappa shape index (κ1) is 9.05. The molecule has 1 atom stereocenters. The van der Waals surface area contributed by atoms with Gasteiger partial charge in [0.2, 0.25) is 0 Å². The Balaban J connectivity index is 2.67. The third-order valence-corrected chi connectivity index (χ3v) is 3.46. The molecular formula is C10H21N. The SMILES string of the molecule is CCN1CCCC1(C)C(C)C. The summed E-state index contributed by atoms with van der Waals surface area (Å²) < 4.78 is 0. The maximum atomic E-state index is 2.62. The first-order valence-electron chi connectivity index (χ1n) is 4.86. The maximum absolute atomic E-state index is 2.62. The van der Waals surface area contributed by atoms with Crippen molar-refractivity contribution in [2.45, 2.75) is 46.1 Å². The summed E-state index contributed by atoms with van der Waals surface area (Å²) in [4.78, 5) is 2.62. The molecule has 1 saturated heterocycles. The number of hydrogen-bond donors (Lipinski definition) is 0. The summed E-state index contributed by atoms with van der Waals surface area (Å²) in [5.41, 5.74) is 0.495. The standard InChI is InChI=1S/C10H21N/c1-5-11-8-6-7-10(11,4)9(2)3/h9H,5-8H2,1-4H3. The van der Waals surface area contributed by atoms with Crippen molar-refractivity contribution in [2.75, 3.05) is 13.1 Å². The second-order valence-electron chi connectivity index (χ2n) is 4.20. The molecule has 1 aliphatic rings. The van der Waals surface area contributed by atoms with Crippen molar-refractivity contribution in [3.63, 3.8) is 0 Å². The summed E-state index contributed by atoms with van der Waals surface area (Å²) in [6, 6.07) is 0. The van der Waals surface area contributed by atoms with Gasteiger partial charge in [0.15, 0.2) is 0 Å². The van der Waals surface area contributed by atoms with Gasteiger partial charge in [-0.05, 0) is 38.8 Å². The van der Waals surface area contributed by atoms with Gasteiger partial charge in [-0.15, -0.1) is 0 Å². The highest BCUT2D eigenvalue weighted by molar-refractivity contribution is 4.93. The topological polar surface area (TPSA) is 3.24 Å². The van der Waals surface area contributed by atoms with Crippen LogP contribution in [0.5, 0.6) is 0 Å². The van der Waals surface area contributed by atoms with E-state index in [1.807, 2.05) is 0 Å². The minimum absolute atomic E-state index is 0.495. The van der Waals surface area contributed by atoms with Crippen molar-refractivity contribution in [3.8, 4) is 0 Å². The Morgan fingerprint density at radius 2 is 2.09 bits per heavy atom. The zero-order valence-corrected chi connectivity index (χ0v) is 8.35. The number of likely N-dealkylation sites (tertiary alicyclic amines) is 1. The van der Waals surface area contributed by atoms with Crippen LogP contribution in [0.15, 0.2) is 0 Å². The van der Waals surface area contributed by atoms with E-state index >= 15 is 0 Å². The second-order valence-corrected chi connectivity index (χ2v) is 4.20. The van der Waals surface area contributed by atoms with Crippen molar-refractivity contribution < 1.29 is 0 Å². The Hall–Kier alpha value is -0.0400. The fraction of sp³-hybridized carbons (Fsp3) is 1.00. The van der Waals surface area contributed by atoms with Crippen LogP contribution in [0.4, 0.5) is 0 Å². The molecule has 11 heavy (non-hydrogen) atoms. The zero-order chi connectivity index (χ0) is 8.48. The monoisotopic (exact) mass is 155 g/mol. The van der Waals surface area contributed by atoms with Gasteiger partial charge in [-0.2, -0.15) is 0 Å². The van der Waals surface area contributed by atoms with Gasteiger partial charge in [0.25, 0.3) is 0 Å². The smallest absolute Gasteiger partial charge is 0.0204 e. The molecule has 1 rings (SSSR count). The predicted molar refractivity (Wildman–Crippen MR) is 49.7 cm³/mol. The van der Waals surface area contributed by atoms with Gasteiger partial charge in [0.1, 0.15) is 0 Å². The fourth-order valence-corrected chi connectivity index (χ4v) is 2.21. The van der Waals surface area contributed by atoms with E-state index in [4.69, 9.17) is 0 Å². The molecule has 0 spiro atoms. The van der Waals surface area contributed by atoms with Crippen molar-refractivity contribution in [1.82, 2.24) is 4.90 Å². The highest BCUT2D eigenvalue weighted by atomic mass is 15.2. The van der Waals surface area contributed by atoms with E-state index in [0.717, 1.165) is 5.92 Å². The molecule has 0 aromatic rings. The summed E-state index contributed by atoms with van der Waals surface area (Å²) in [6.45, 7) is 11.9. The van der Waals surface area contributed by atoms with Crippen LogP contribution < -0.4 is 0 Å². The molecule has 0 aromatic heterocycles. The normalized spacial score (nSPS) is 33.5. The number of rotatable bonds is 2. The average molecular weight is 155 g/mol. The molecule has 0 radical (unpaired) electrons. The van der Waals surface area contributed by atoms with Gasteiger partial charge in [-0.1, -0.05) is 20.8 Å². The molecule has 1 nitrogen and oxygen atoms in total. The molecule has 1 aliphatic heterocycles. The van der Waals surface area contributed by atoms with E-state index in [-0.39, 0.29) is 0 Å². The third-order valence-electron chi connectivity index (χ3n) is 3.46. The van der Waals surface area contributed by atoms with Crippen LogP contribution in [0.2, 0.25) is 0 Å². The van der Waals surface area contributed by atoms with E-state index < -0.39 is 0 Å². The van der Waals surface area contributed by atoms with Crippen molar-refractivity contribution in [2.24, 2.45) is 5.92 Å². The van der Waals surface area contributed by atoms with Crippen LogP contribution in [-0.4, -0.2) is 23.5 Å². The molecule has 0 bridgehead atoms. The lowest BCUT2D eigenvalue weighted by atomic mass is 9.86. The molecule has 1 heteroatoms. The van der Waals surface area contributed by atoms with Gasteiger partial charge in [-0.3, -0.25) is 4.90 Å². The molecular weight excluding hydrogens is 134 g/mol. The number of hydrogen-bond acceptors (Lipinski definition) is 1. The molecule has 1 fully saturated rings. The van der Waals surface area contributed by atoms with Crippen LogP contribution in [0, 0.1) is 5.92 Å². The molecule has 0 saturated carbocycles. The Morgan fingerprint density at radius 1 is 1.45 bits per heavy atom. The molecule has 0 amide bonds. The summed E-state index contributed by atoms with van der Waals surface area (Å²) in [7, 11) is 0. The highest BCUT2D eigenvalue weighted by Gasteiger charge is 2.37. The first-order chi connectivity index (χ1) is 5.11. The van der Waals surface area contributed by atoms with Gasteiger partial charge in [-0.25, -0.2) is 0 Å². The molecule has 0 aromatic carbocycles. The molecule has 1 heterocycles. The Kier molecular flexibility index (Phi) is 2.58. The Labute approximate surface area is 70.8 Å². The van der Waals surface area contributed by atoms with Gasteiger partial charge >= 0.3 is 0 Å². The average Bonchev–Trinajstić information content (AvgIpc) is 2.32. The summed E-state index contributed by atoms with van der Waals surface area (Å²) in [5, 5.41) is 0. The van der Waals surface area contributed by atoms with E-state index in [0.29, 0.717) is 5.54 Å². The lowest BCUT2D eigenvalue weighted by Gasteiger charge is -2.38. The lowest BCUT2D eigenvalue weighted by molar-refractivity contribution is 0.112. The van der Waals surface area contributed by atoms with Crippen LogP contribution in [0.1, 0.15) is 40.5 Å². The van der Waals surface area contributed by atoms with Crippen LogP contribution >= 0.6 is 0 Å². The fourth-order valence-electron chi connectivity index (χ4n) is 2.21. The van der Waals surface area contributed by atoms with Gasteiger partial charge in [0.05, 0.1) is 0 Å². The minimum atomic E-state index is 0.495. The zero-order valence-electron chi connectivity index (χ0n) is 8.35. The van der Waals surface area contributed by atoms with Crippen LogP contribution in [0.3, 0.4) is 0 Å². The van der Waals surface area contributed by atoms with Gasteiger partial charge in [0, 0.05) is 5.54 Å². The van der Waals surface area contributed by atoms with Crippen LogP contribution in [0.25, 0.3) is 0 Å². The van der Waals surface area contributed by atoms with E-state index in [1.165, 1.54) is 25.9 Å². The maximum Gasteiger partial charge on any atom is 0.0204 e.